The lowest BCUT2D eigenvalue weighted by Crippen LogP contribution is -2.37. The normalized spacial score (nSPS) is 24.8. The number of hydrogen-bond acceptors (Lipinski definition) is 3. The zero-order valence-corrected chi connectivity index (χ0v) is 14.4. The molecular formula is C17H24ClFN4O. The summed E-state index contributed by atoms with van der Waals surface area (Å²) in [7, 11) is 0. The van der Waals surface area contributed by atoms with Crippen molar-refractivity contribution in [2.45, 2.75) is 24.8 Å². The highest BCUT2D eigenvalue weighted by molar-refractivity contribution is 6.31. The zero-order chi connectivity index (χ0) is 16.9. The number of nitrogens with one attached hydrogen (secondary N) is 1. The first kappa shape index (κ1) is 17.5. The summed E-state index contributed by atoms with van der Waals surface area (Å²) in [5, 5.41) is 3.64. The van der Waals surface area contributed by atoms with Gasteiger partial charge in [-0.15, -0.1) is 0 Å². The van der Waals surface area contributed by atoms with Crippen LogP contribution in [0.3, 0.4) is 0 Å². The Morgan fingerprint density at radius 2 is 2.21 bits per heavy atom. The fraction of sp³-hybridized carbons (Fsp3) is 0.588. The number of aliphatic imine (C=N–C) groups is 1. The Morgan fingerprint density at radius 1 is 1.42 bits per heavy atom. The summed E-state index contributed by atoms with van der Waals surface area (Å²) in [5.74, 6) is 0.246. The van der Waals surface area contributed by atoms with Crippen LogP contribution in [0, 0.1) is 5.82 Å². The highest BCUT2D eigenvalue weighted by Gasteiger charge is 2.41. The Morgan fingerprint density at radius 3 is 2.96 bits per heavy atom. The van der Waals surface area contributed by atoms with Crippen molar-refractivity contribution < 1.29 is 9.13 Å². The summed E-state index contributed by atoms with van der Waals surface area (Å²) in [6, 6.07) is 4.90. The van der Waals surface area contributed by atoms with Crippen LogP contribution < -0.4 is 11.1 Å². The van der Waals surface area contributed by atoms with E-state index in [1.807, 2.05) is 0 Å². The third-order valence-corrected chi connectivity index (χ3v) is 4.84. The number of nitrogens with zero attached hydrogens (tertiary/aromatic N) is 2. The molecule has 2 unspecified atom stereocenters. The average molecular weight is 355 g/mol. The molecular weight excluding hydrogens is 331 g/mol. The van der Waals surface area contributed by atoms with Crippen molar-refractivity contribution in [3.8, 4) is 0 Å². The summed E-state index contributed by atoms with van der Waals surface area (Å²) in [6.07, 6.45) is 1.79. The number of halogens is 2. The van der Waals surface area contributed by atoms with E-state index in [0.29, 0.717) is 23.1 Å². The Hall–Kier alpha value is -1.37. The van der Waals surface area contributed by atoms with Gasteiger partial charge in [0, 0.05) is 48.7 Å². The smallest absolute Gasteiger partial charge is 0.188 e. The highest BCUT2D eigenvalue weighted by atomic mass is 35.5. The molecule has 1 aromatic rings. The number of nitrogens with two attached hydrogens (primary N) is 1. The molecule has 2 aliphatic rings. The summed E-state index contributed by atoms with van der Waals surface area (Å²) < 4.78 is 19.2. The van der Waals surface area contributed by atoms with Crippen molar-refractivity contribution in [3.05, 3.63) is 34.6 Å². The number of ether oxygens (including phenoxy) is 1. The molecule has 0 spiro atoms. The summed E-state index contributed by atoms with van der Waals surface area (Å²) in [5.41, 5.74) is 6.51. The van der Waals surface area contributed by atoms with Gasteiger partial charge in [-0.25, -0.2) is 4.39 Å². The molecule has 1 aliphatic heterocycles. The summed E-state index contributed by atoms with van der Waals surface area (Å²) in [4.78, 5) is 6.74. The molecule has 3 rings (SSSR count). The molecule has 5 nitrogen and oxygen atoms in total. The maximum Gasteiger partial charge on any atom is 0.188 e. The van der Waals surface area contributed by atoms with Crippen LogP contribution in [0.4, 0.5) is 4.39 Å². The van der Waals surface area contributed by atoms with Crippen LogP contribution in [0.25, 0.3) is 0 Å². The molecule has 3 N–H and O–H groups in total. The monoisotopic (exact) mass is 354 g/mol. The fourth-order valence-electron chi connectivity index (χ4n) is 3.09. The van der Waals surface area contributed by atoms with Crippen molar-refractivity contribution in [3.63, 3.8) is 0 Å². The van der Waals surface area contributed by atoms with Gasteiger partial charge in [-0.05, 0) is 25.0 Å². The van der Waals surface area contributed by atoms with Crippen LogP contribution in [0.2, 0.25) is 5.02 Å². The molecule has 1 saturated heterocycles. The van der Waals surface area contributed by atoms with Gasteiger partial charge in [0.05, 0.1) is 13.2 Å². The van der Waals surface area contributed by atoms with Gasteiger partial charge in [0.15, 0.2) is 5.96 Å². The summed E-state index contributed by atoms with van der Waals surface area (Å²) >= 11 is 6.10. The second-order valence-corrected chi connectivity index (χ2v) is 6.71. The van der Waals surface area contributed by atoms with Crippen LogP contribution in [0.5, 0.6) is 0 Å². The molecule has 1 heterocycles. The molecule has 132 valence electrons. The van der Waals surface area contributed by atoms with E-state index in [4.69, 9.17) is 22.1 Å². The van der Waals surface area contributed by atoms with Crippen LogP contribution in [0.1, 0.15) is 24.3 Å². The molecule has 0 radical (unpaired) electrons. The Labute approximate surface area is 147 Å². The van der Waals surface area contributed by atoms with Crippen LogP contribution in [-0.4, -0.2) is 56.3 Å². The third-order valence-electron chi connectivity index (χ3n) is 4.51. The lowest BCUT2D eigenvalue weighted by atomic mass is 10.1. The molecule has 2 fully saturated rings. The van der Waals surface area contributed by atoms with Crippen LogP contribution >= 0.6 is 11.6 Å². The molecule has 2 atom stereocenters. The van der Waals surface area contributed by atoms with Crippen molar-refractivity contribution in [2.75, 3.05) is 39.4 Å². The largest absolute Gasteiger partial charge is 0.379 e. The molecule has 24 heavy (non-hydrogen) atoms. The first-order valence-electron chi connectivity index (χ1n) is 8.45. The van der Waals surface area contributed by atoms with E-state index >= 15 is 0 Å². The van der Waals surface area contributed by atoms with Crippen LogP contribution in [-0.2, 0) is 4.74 Å². The van der Waals surface area contributed by atoms with E-state index in [2.05, 4.69) is 15.2 Å². The van der Waals surface area contributed by atoms with Gasteiger partial charge in [0.25, 0.3) is 0 Å². The fourth-order valence-corrected chi connectivity index (χ4v) is 3.40. The Balaban J connectivity index is 1.40. The zero-order valence-electron chi connectivity index (χ0n) is 13.7. The van der Waals surface area contributed by atoms with Gasteiger partial charge in [-0.2, -0.15) is 0 Å². The molecule has 1 saturated carbocycles. The third kappa shape index (κ3) is 4.59. The average Bonchev–Trinajstić information content (AvgIpc) is 3.31. The predicted octanol–water partition coefficient (Wildman–Crippen LogP) is 1.96. The SMILES string of the molecule is NC(=NCCCN1CCOCC1)NC1CC1c1c(F)cccc1Cl. The van der Waals surface area contributed by atoms with E-state index in [0.717, 1.165) is 45.7 Å². The van der Waals surface area contributed by atoms with E-state index in [1.54, 1.807) is 12.1 Å². The summed E-state index contributed by atoms with van der Waals surface area (Å²) in [6.45, 7) is 5.31. The number of morpholine rings is 1. The molecule has 1 aliphatic carbocycles. The van der Waals surface area contributed by atoms with Crippen molar-refractivity contribution >= 4 is 17.6 Å². The lowest BCUT2D eigenvalue weighted by Gasteiger charge is -2.26. The molecule has 1 aromatic carbocycles. The van der Waals surface area contributed by atoms with Crippen molar-refractivity contribution in [1.82, 2.24) is 10.2 Å². The van der Waals surface area contributed by atoms with Gasteiger partial charge in [-0.3, -0.25) is 9.89 Å². The molecule has 0 aromatic heterocycles. The highest BCUT2D eigenvalue weighted by Crippen LogP contribution is 2.44. The van der Waals surface area contributed by atoms with Gasteiger partial charge < -0.3 is 15.8 Å². The first-order valence-corrected chi connectivity index (χ1v) is 8.83. The standard InChI is InChI=1S/C17H24ClFN4O/c18-13-3-1-4-14(19)16(13)12-11-15(12)22-17(20)21-5-2-6-23-7-9-24-10-8-23/h1,3-4,12,15H,2,5-11H2,(H3,20,21,22). The lowest BCUT2D eigenvalue weighted by molar-refractivity contribution is 0.0377. The van der Waals surface area contributed by atoms with Crippen molar-refractivity contribution in [1.29, 1.82) is 0 Å². The second kappa shape index (κ2) is 8.14. The maximum atomic E-state index is 13.9. The Bertz CT molecular complexity index is 572. The second-order valence-electron chi connectivity index (χ2n) is 6.30. The minimum atomic E-state index is -0.252. The van der Waals surface area contributed by atoms with Crippen molar-refractivity contribution in [2.24, 2.45) is 10.7 Å². The van der Waals surface area contributed by atoms with Crippen LogP contribution in [0.15, 0.2) is 23.2 Å². The van der Waals surface area contributed by atoms with E-state index in [-0.39, 0.29) is 17.8 Å². The van der Waals surface area contributed by atoms with Gasteiger partial charge >= 0.3 is 0 Å². The van der Waals surface area contributed by atoms with Gasteiger partial charge in [-0.1, -0.05) is 17.7 Å². The number of benzene rings is 1. The van der Waals surface area contributed by atoms with E-state index in [9.17, 15) is 4.39 Å². The minimum absolute atomic E-state index is 0.0702. The Kier molecular flexibility index (Phi) is 5.92. The predicted molar refractivity (Wildman–Crippen MR) is 94.1 cm³/mol. The minimum Gasteiger partial charge on any atom is -0.379 e. The number of rotatable bonds is 6. The first-order chi connectivity index (χ1) is 11.6. The molecule has 0 bridgehead atoms. The maximum absolute atomic E-state index is 13.9. The van der Waals surface area contributed by atoms with E-state index in [1.165, 1.54) is 6.07 Å². The van der Waals surface area contributed by atoms with Gasteiger partial charge in [0.2, 0.25) is 0 Å². The molecule has 7 heteroatoms. The topological polar surface area (TPSA) is 62.9 Å². The molecule has 0 amide bonds. The van der Waals surface area contributed by atoms with Gasteiger partial charge in [0.1, 0.15) is 5.82 Å². The number of guanidine groups is 1. The quantitative estimate of drug-likeness (QED) is 0.466. The van der Waals surface area contributed by atoms with E-state index < -0.39 is 0 Å². The number of hydrogen-bond donors (Lipinski definition) is 2.